The predicted octanol–water partition coefficient (Wildman–Crippen LogP) is 4.16. The molecule has 8 nitrogen and oxygen atoms in total. The Morgan fingerprint density at radius 2 is 1.67 bits per heavy atom. The highest BCUT2D eigenvalue weighted by atomic mass is 16.1. The summed E-state index contributed by atoms with van der Waals surface area (Å²) in [7, 11) is 0. The van der Waals surface area contributed by atoms with Gasteiger partial charge in [-0.2, -0.15) is 4.98 Å². The summed E-state index contributed by atoms with van der Waals surface area (Å²) in [6.07, 6.45) is 1.48. The van der Waals surface area contributed by atoms with Gasteiger partial charge in [-0.1, -0.05) is 12.1 Å². The van der Waals surface area contributed by atoms with Crippen LogP contribution in [-0.4, -0.2) is 32.4 Å². The van der Waals surface area contributed by atoms with Crippen molar-refractivity contribution in [1.82, 2.24) is 19.9 Å². The maximum Gasteiger partial charge on any atom is 0.275 e. The fourth-order valence-corrected chi connectivity index (χ4v) is 2.92. The minimum Gasteiger partial charge on any atom is -0.354 e. The monoisotopic (exact) mass is 399 g/mol. The molecule has 0 aliphatic carbocycles. The smallest absolute Gasteiger partial charge is 0.275 e. The number of rotatable bonds is 6. The number of aromatic nitrogens is 4. The van der Waals surface area contributed by atoms with Gasteiger partial charge >= 0.3 is 0 Å². The lowest BCUT2D eigenvalue weighted by molar-refractivity contribution is 0.102. The van der Waals surface area contributed by atoms with E-state index in [0.29, 0.717) is 23.0 Å². The Morgan fingerprint density at radius 3 is 2.43 bits per heavy atom. The average molecular weight is 399 g/mol. The molecule has 3 N–H and O–H groups in total. The maximum absolute atomic E-state index is 12.5. The lowest BCUT2D eigenvalue weighted by Gasteiger charge is -2.10. The first-order valence-corrected chi connectivity index (χ1v) is 9.60. The summed E-state index contributed by atoms with van der Waals surface area (Å²) in [4.78, 5) is 29.9. The summed E-state index contributed by atoms with van der Waals surface area (Å²) >= 11 is 0. The largest absolute Gasteiger partial charge is 0.354 e. The van der Waals surface area contributed by atoms with Crippen molar-refractivity contribution < 1.29 is 4.79 Å². The van der Waals surface area contributed by atoms with Crippen molar-refractivity contribution in [3.8, 4) is 0 Å². The molecule has 0 spiro atoms. The number of anilines is 4. The molecular weight excluding hydrogens is 378 g/mol. The van der Waals surface area contributed by atoms with Gasteiger partial charge in [-0.25, -0.2) is 9.97 Å². The Kier molecular flexibility index (Phi) is 5.47. The average Bonchev–Trinajstić information content (AvgIpc) is 2.74. The second-order valence-corrected chi connectivity index (χ2v) is 6.65. The number of benzene rings is 2. The van der Waals surface area contributed by atoms with Gasteiger partial charge in [-0.05, 0) is 50.2 Å². The summed E-state index contributed by atoms with van der Waals surface area (Å²) in [6.45, 7) is 4.66. The van der Waals surface area contributed by atoms with E-state index in [1.165, 1.54) is 6.20 Å². The van der Waals surface area contributed by atoms with Crippen molar-refractivity contribution in [2.75, 3.05) is 22.5 Å². The summed E-state index contributed by atoms with van der Waals surface area (Å²) in [5.41, 5.74) is 4.07. The zero-order valence-corrected chi connectivity index (χ0v) is 16.7. The van der Waals surface area contributed by atoms with E-state index in [-0.39, 0.29) is 11.6 Å². The fraction of sp³-hybridized carbons (Fsp3) is 0.136. The van der Waals surface area contributed by atoms with Crippen molar-refractivity contribution >= 4 is 40.1 Å². The lowest BCUT2D eigenvalue weighted by Crippen LogP contribution is -2.14. The van der Waals surface area contributed by atoms with E-state index < -0.39 is 0 Å². The molecule has 0 atom stereocenters. The number of hydrogen-bond acceptors (Lipinski definition) is 7. The summed E-state index contributed by atoms with van der Waals surface area (Å²) in [6, 6.07) is 16.7. The summed E-state index contributed by atoms with van der Waals surface area (Å²) in [5, 5.41) is 9.20. The van der Waals surface area contributed by atoms with Crippen LogP contribution in [0, 0.1) is 6.92 Å². The molecule has 2 aromatic carbocycles. The Bertz CT molecular complexity index is 1190. The zero-order chi connectivity index (χ0) is 20.9. The molecule has 0 aliphatic rings. The number of para-hydroxylation sites is 2. The molecule has 2 aromatic heterocycles. The van der Waals surface area contributed by atoms with Crippen molar-refractivity contribution in [1.29, 1.82) is 0 Å². The van der Waals surface area contributed by atoms with E-state index in [0.717, 1.165) is 23.4 Å². The normalized spacial score (nSPS) is 10.6. The maximum atomic E-state index is 12.5. The van der Waals surface area contributed by atoms with Crippen molar-refractivity contribution in [2.24, 2.45) is 0 Å². The topological polar surface area (TPSA) is 105 Å². The third kappa shape index (κ3) is 4.49. The van der Waals surface area contributed by atoms with Gasteiger partial charge in [0.15, 0.2) is 0 Å². The molecule has 0 unspecified atom stereocenters. The number of amides is 1. The van der Waals surface area contributed by atoms with Crippen LogP contribution < -0.4 is 16.0 Å². The van der Waals surface area contributed by atoms with Crippen LogP contribution in [0.25, 0.3) is 11.0 Å². The fourth-order valence-electron chi connectivity index (χ4n) is 2.92. The van der Waals surface area contributed by atoms with Gasteiger partial charge in [-0.3, -0.25) is 9.78 Å². The molecule has 1 amide bonds. The van der Waals surface area contributed by atoms with Crippen LogP contribution in [0.15, 0.2) is 60.8 Å². The zero-order valence-electron chi connectivity index (χ0n) is 16.7. The Morgan fingerprint density at radius 1 is 0.933 bits per heavy atom. The SMILES string of the molecule is CCNc1nc(C)cc(Nc2ccc(NC(=O)c3cnc4ccccc4n3)cc2)n1. The van der Waals surface area contributed by atoms with Crippen LogP contribution in [-0.2, 0) is 0 Å². The van der Waals surface area contributed by atoms with Gasteiger partial charge < -0.3 is 16.0 Å². The van der Waals surface area contributed by atoms with Crippen LogP contribution in [0.4, 0.5) is 23.1 Å². The third-order valence-electron chi connectivity index (χ3n) is 4.29. The standard InChI is InChI=1S/C22H21N7O/c1-3-23-22-25-14(2)12-20(29-22)26-15-8-10-16(11-9-15)27-21(30)19-13-24-17-6-4-5-7-18(17)28-19/h4-13H,3H2,1-2H3,(H,27,30)(H2,23,25,26,29). The van der Waals surface area contributed by atoms with Crippen LogP contribution in [0.5, 0.6) is 0 Å². The molecule has 8 heteroatoms. The predicted molar refractivity (Wildman–Crippen MR) is 118 cm³/mol. The van der Waals surface area contributed by atoms with E-state index in [4.69, 9.17) is 0 Å². The van der Waals surface area contributed by atoms with Gasteiger partial charge in [0, 0.05) is 29.7 Å². The van der Waals surface area contributed by atoms with Gasteiger partial charge in [0.05, 0.1) is 17.2 Å². The van der Waals surface area contributed by atoms with E-state index in [2.05, 4.69) is 35.9 Å². The van der Waals surface area contributed by atoms with Gasteiger partial charge in [0.25, 0.3) is 5.91 Å². The lowest BCUT2D eigenvalue weighted by atomic mass is 10.2. The number of fused-ring (bicyclic) bond motifs is 1. The Labute approximate surface area is 173 Å². The number of nitrogens with one attached hydrogen (secondary N) is 3. The van der Waals surface area contributed by atoms with Crippen LogP contribution in [0.3, 0.4) is 0 Å². The van der Waals surface area contributed by atoms with Crippen molar-refractivity contribution in [3.63, 3.8) is 0 Å². The molecule has 30 heavy (non-hydrogen) atoms. The minimum absolute atomic E-state index is 0.267. The highest BCUT2D eigenvalue weighted by Crippen LogP contribution is 2.19. The van der Waals surface area contributed by atoms with Crippen LogP contribution >= 0.6 is 0 Å². The second-order valence-electron chi connectivity index (χ2n) is 6.65. The number of nitrogens with zero attached hydrogens (tertiary/aromatic N) is 4. The molecule has 150 valence electrons. The highest BCUT2D eigenvalue weighted by Gasteiger charge is 2.10. The van der Waals surface area contributed by atoms with E-state index in [1.54, 1.807) is 0 Å². The first-order chi connectivity index (χ1) is 14.6. The number of hydrogen-bond donors (Lipinski definition) is 3. The van der Waals surface area contributed by atoms with Crippen molar-refractivity contribution in [3.05, 3.63) is 72.2 Å². The molecule has 2 heterocycles. The Balaban J connectivity index is 1.45. The first-order valence-electron chi connectivity index (χ1n) is 9.60. The van der Waals surface area contributed by atoms with Gasteiger partial charge in [0.2, 0.25) is 5.95 Å². The summed E-state index contributed by atoms with van der Waals surface area (Å²) < 4.78 is 0. The quantitative estimate of drug-likeness (QED) is 0.447. The van der Waals surface area contributed by atoms with E-state index in [1.807, 2.05) is 68.4 Å². The number of carbonyl (C=O) groups is 1. The minimum atomic E-state index is -0.310. The summed E-state index contributed by atoms with van der Waals surface area (Å²) in [5.74, 6) is 0.970. The molecule has 4 rings (SSSR count). The number of carbonyl (C=O) groups excluding carboxylic acids is 1. The second kappa shape index (κ2) is 8.52. The van der Waals surface area contributed by atoms with E-state index in [9.17, 15) is 4.79 Å². The van der Waals surface area contributed by atoms with Crippen molar-refractivity contribution in [2.45, 2.75) is 13.8 Å². The molecule has 0 saturated carbocycles. The van der Waals surface area contributed by atoms with Crippen LogP contribution in [0.2, 0.25) is 0 Å². The molecule has 0 saturated heterocycles. The number of aryl methyl sites for hydroxylation is 1. The molecule has 0 bridgehead atoms. The van der Waals surface area contributed by atoms with Gasteiger partial charge in [0.1, 0.15) is 11.5 Å². The van der Waals surface area contributed by atoms with Gasteiger partial charge in [-0.15, -0.1) is 0 Å². The molecule has 0 aliphatic heterocycles. The Hall–Kier alpha value is -4.07. The van der Waals surface area contributed by atoms with Crippen LogP contribution in [0.1, 0.15) is 23.1 Å². The van der Waals surface area contributed by atoms with E-state index >= 15 is 0 Å². The third-order valence-corrected chi connectivity index (χ3v) is 4.29. The highest BCUT2D eigenvalue weighted by molar-refractivity contribution is 6.03. The molecule has 0 fully saturated rings. The first kappa shape index (κ1) is 19.3. The molecule has 4 aromatic rings. The molecule has 0 radical (unpaired) electrons. The molecular formula is C22H21N7O.